The van der Waals surface area contributed by atoms with E-state index < -0.39 is 0 Å². The number of para-hydroxylation sites is 1. The summed E-state index contributed by atoms with van der Waals surface area (Å²) in [6.45, 7) is 3.73. The van der Waals surface area contributed by atoms with Crippen molar-refractivity contribution in [2.24, 2.45) is 0 Å². The molecule has 0 saturated carbocycles. The number of carbonyl (C=O) groups excluding carboxylic acids is 2. The van der Waals surface area contributed by atoms with E-state index in [0.29, 0.717) is 11.3 Å². The smallest absolute Gasteiger partial charge is 0.270 e. The fourth-order valence-electron chi connectivity index (χ4n) is 2.61. The quantitative estimate of drug-likeness (QED) is 0.512. The van der Waals surface area contributed by atoms with Crippen LogP contribution in [0.3, 0.4) is 0 Å². The summed E-state index contributed by atoms with van der Waals surface area (Å²) in [5, 5.41) is 2.81. The van der Waals surface area contributed by atoms with Gasteiger partial charge in [-0.3, -0.25) is 19.7 Å². The maximum absolute atomic E-state index is 12.4. The molecule has 2 N–H and O–H groups in total. The number of benzene rings is 2. The molecule has 0 aliphatic rings. The Morgan fingerprint density at radius 3 is 2.25 bits per heavy atom. The van der Waals surface area contributed by atoms with E-state index >= 15 is 0 Å². The third-order valence-electron chi connectivity index (χ3n) is 4.12. The second-order valence-electron chi connectivity index (χ2n) is 6.23. The normalized spacial score (nSPS) is 10.4. The van der Waals surface area contributed by atoms with Crippen molar-refractivity contribution in [2.75, 3.05) is 17.3 Å². The summed E-state index contributed by atoms with van der Waals surface area (Å²) in [6.07, 6.45) is 0. The van der Waals surface area contributed by atoms with Gasteiger partial charge in [0.2, 0.25) is 0 Å². The minimum atomic E-state index is -0.246. The molecule has 0 bridgehead atoms. The van der Waals surface area contributed by atoms with Gasteiger partial charge in [0.05, 0.1) is 5.69 Å². The summed E-state index contributed by atoms with van der Waals surface area (Å²) in [5.41, 5.74) is 6.00. The summed E-state index contributed by atoms with van der Waals surface area (Å²) in [4.78, 5) is 24.4. The van der Waals surface area contributed by atoms with Crippen LogP contribution < -0.4 is 15.5 Å². The molecule has 0 radical (unpaired) electrons. The lowest BCUT2D eigenvalue weighted by molar-refractivity contribution is -0.118. The zero-order valence-corrected chi connectivity index (χ0v) is 17.7. The van der Waals surface area contributed by atoms with E-state index in [9.17, 15) is 9.59 Å². The first-order chi connectivity index (χ1) is 13.4. The maximum Gasteiger partial charge on any atom is 0.270 e. The van der Waals surface area contributed by atoms with E-state index in [1.165, 1.54) is 0 Å². The van der Waals surface area contributed by atoms with Gasteiger partial charge >= 0.3 is 0 Å². The Hall–Kier alpha value is -2.81. The molecular weight excluding hydrogens is 469 g/mol. The molecule has 3 aromatic rings. The van der Waals surface area contributed by atoms with Gasteiger partial charge in [-0.25, -0.2) is 0 Å². The number of hydrogen-bond donors (Lipinski definition) is 2. The molecule has 1 aromatic heterocycles. The third-order valence-corrected chi connectivity index (χ3v) is 5.06. The van der Waals surface area contributed by atoms with Crippen molar-refractivity contribution in [3.8, 4) is 5.75 Å². The molecule has 2 aromatic carbocycles. The average Bonchev–Trinajstić information content (AvgIpc) is 3.00. The molecule has 6 nitrogen and oxygen atoms in total. The number of anilines is 1. The Labute approximate surface area is 177 Å². The Morgan fingerprint density at radius 1 is 0.964 bits per heavy atom. The van der Waals surface area contributed by atoms with Gasteiger partial charge in [0.25, 0.3) is 11.8 Å². The van der Waals surface area contributed by atoms with Crippen LogP contribution >= 0.6 is 22.6 Å². The predicted molar refractivity (Wildman–Crippen MR) is 117 cm³/mol. The van der Waals surface area contributed by atoms with Crippen LogP contribution in [0.1, 0.15) is 21.7 Å². The summed E-state index contributed by atoms with van der Waals surface area (Å²) >= 11 is 2.16. The molecule has 0 fully saturated rings. The number of nitrogens with zero attached hydrogens (tertiary/aromatic N) is 1. The van der Waals surface area contributed by atoms with E-state index in [1.54, 1.807) is 28.9 Å². The maximum atomic E-state index is 12.4. The topological polar surface area (TPSA) is 72.4 Å². The molecular formula is C21H20IN3O3. The number of hydrogen-bond acceptors (Lipinski definition) is 3. The fraction of sp³-hybridized carbons (Fsp3) is 0.143. The van der Waals surface area contributed by atoms with Crippen LogP contribution in [-0.2, 0) is 4.79 Å². The minimum Gasteiger partial charge on any atom is -0.484 e. The van der Waals surface area contributed by atoms with Crippen LogP contribution in [0.25, 0.3) is 0 Å². The third kappa shape index (κ3) is 4.92. The Balaban J connectivity index is 1.55. The Kier molecular flexibility index (Phi) is 6.35. The lowest BCUT2D eigenvalue weighted by Crippen LogP contribution is -2.24. The number of amides is 2. The van der Waals surface area contributed by atoms with Crippen LogP contribution in [0.15, 0.2) is 60.7 Å². The van der Waals surface area contributed by atoms with Gasteiger partial charge in [-0.1, -0.05) is 12.1 Å². The van der Waals surface area contributed by atoms with E-state index in [2.05, 4.69) is 33.3 Å². The monoisotopic (exact) mass is 489 g/mol. The molecule has 0 aliphatic carbocycles. The van der Waals surface area contributed by atoms with E-state index in [1.807, 2.05) is 50.2 Å². The fourth-order valence-corrected chi connectivity index (χ4v) is 3.13. The summed E-state index contributed by atoms with van der Waals surface area (Å²) in [6, 6.07) is 18.1. The molecule has 0 unspecified atom stereocenters. The average molecular weight is 489 g/mol. The molecule has 2 amide bonds. The SMILES string of the molecule is Cc1ccc(C)n1NC(=O)c1ccc(OCC(=O)Nc2ccccc2I)cc1. The first kappa shape index (κ1) is 19.9. The first-order valence-electron chi connectivity index (χ1n) is 8.67. The molecule has 144 valence electrons. The molecule has 0 saturated heterocycles. The second-order valence-corrected chi connectivity index (χ2v) is 7.40. The van der Waals surface area contributed by atoms with Crippen molar-refractivity contribution in [3.05, 3.63) is 81.2 Å². The predicted octanol–water partition coefficient (Wildman–Crippen LogP) is 4.11. The number of carbonyl (C=O) groups is 2. The van der Waals surface area contributed by atoms with Gasteiger partial charge in [0.15, 0.2) is 6.61 Å². The standard InChI is InChI=1S/C21H20IN3O3/c1-14-7-8-15(2)25(14)24-21(27)16-9-11-17(12-10-16)28-13-20(26)23-19-6-4-3-5-18(19)22/h3-12H,13H2,1-2H3,(H,23,26)(H,24,27). The van der Waals surface area contributed by atoms with Gasteiger partial charge in [-0.15, -0.1) is 0 Å². The van der Waals surface area contributed by atoms with Crippen molar-refractivity contribution < 1.29 is 14.3 Å². The Morgan fingerprint density at radius 2 is 1.61 bits per heavy atom. The molecule has 3 rings (SSSR count). The highest BCUT2D eigenvalue weighted by Crippen LogP contribution is 2.17. The molecule has 0 aliphatic heterocycles. The van der Waals surface area contributed by atoms with Gasteiger partial charge in [0.1, 0.15) is 5.75 Å². The molecule has 0 atom stereocenters. The number of halogens is 1. The van der Waals surface area contributed by atoms with Crippen LogP contribution in [0.5, 0.6) is 5.75 Å². The Bertz CT molecular complexity index is 977. The van der Waals surface area contributed by atoms with Crippen molar-refractivity contribution in [2.45, 2.75) is 13.8 Å². The highest BCUT2D eigenvalue weighted by atomic mass is 127. The van der Waals surface area contributed by atoms with Crippen LogP contribution in [-0.4, -0.2) is 23.1 Å². The van der Waals surface area contributed by atoms with Gasteiger partial charge in [-0.2, -0.15) is 0 Å². The summed E-state index contributed by atoms with van der Waals surface area (Å²) in [7, 11) is 0. The van der Waals surface area contributed by atoms with Gasteiger partial charge < -0.3 is 10.1 Å². The highest BCUT2D eigenvalue weighted by Gasteiger charge is 2.10. The van der Waals surface area contributed by atoms with Gasteiger partial charge in [-0.05, 0) is 85.0 Å². The van der Waals surface area contributed by atoms with Crippen molar-refractivity contribution in [1.29, 1.82) is 0 Å². The zero-order valence-electron chi connectivity index (χ0n) is 15.5. The molecule has 1 heterocycles. The van der Waals surface area contributed by atoms with E-state index in [4.69, 9.17) is 4.74 Å². The largest absolute Gasteiger partial charge is 0.484 e. The van der Waals surface area contributed by atoms with Crippen LogP contribution in [0.4, 0.5) is 5.69 Å². The molecule has 28 heavy (non-hydrogen) atoms. The zero-order chi connectivity index (χ0) is 20.1. The molecule has 0 spiro atoms. The number of aromatic nitrogens is 1. The van der Waals surface area contributed by atoms with E-state index in [-0.39, 0.29) is 18.4 Å². The number of rotatable bonds is 6. The van der Waals surface area contributed by atoms with Gasteiger partial charge in [0, 0.05) is 20.5 Å². The molecule has 7 heteroatoms. The summed E-state index contributed by atoms with van der Waals surface area (Å²) < 4.78 is 8.20. The number of nitrogens with one attached hydrogen (secondary N) is 2. The summed E-state index contributed by atoms with van der Waals surface area (Å²) in [5.74, 6) is 0.0534. The van der Waals surface area contributed by atoms with Crippen LogP contribution in [0, 0.1) is 17.4 Å². The van der Waals surface area contributed by atoms with E-state index in [0.717, 1.165) is 20.6 Å². The van der Waals surface area contributed by atoms with Crippen LogP contribution in [0.2, 0.25) is 0 Å². The van der Waals surface area contributed by atoms with Crippen molar-refractivity contribution in [1.82, 2.24) is 4.68 Å². The highest BCUT2D eigenvalue weighted by molar-refractivity contribution is 14.1. The minimum absolute atomic E-state index is 0.113. The number of aryl methyl sites for hydroxylation is 2. The van der Waals surface area contributed by atoms with Crippen molar-refractivity contribution >= 4 is 40.1 Å². The number of ether oxygens (including phenoxy) is 1. The first-order valence-corrected chi connectivity index (χ1v) is 9.75. The van der Waals surface area contributed by atoms with Crippen molar-refractivity contribution in [3.63, 3.8) is 0 Å². The second kappa shape index (κ2) is 8.92. The lowest BCUT2D eigenvalue weighted by Gasteiger charge is -2.12. The lowest BCUT2D eigenvalue weighted by atomic mass is 10.2.